The molecule has 0 unspecified atom stereocenters. The number of hydrogen-bond donors (Lipinski definition) is 2. The van der Waals surface area contributed by atoms with Crippen LogP contribution in [0.5, 0.6) is 11.5 Å². The Bertz CT molecular complexity index is 416. The van der Waals surface area contributed by atoms with Gasteiger partial charge in [0.1, 0.15) is 11.5 Å². The molecule has 1 amide bonds. The average molecular weight is 267 g/mol. The van der Waals surface area contributed by atoms with Crippen LogP contribution in [-0.4, -0.2) is 37.9 Å². The monoisotopic (exact) mass is 267 g/mol. The summed E-state index contributed by atoms with van der Waals surface area (Å²) >= 11 is 0. The maximum Gasteiger partial charge on any atom is 0.224 e. The smallest absolute Gasteiger partial charge is 0.224 e. The molecule has 1 rings (SSSR count). The number of aliphatic hydroxyl groups is 1. The molecule has 0 aliphatic carbocycles. The quantitative estimate of drug-likeness (QED) is 0.777. The molecule has 0 bridgehead atoms. The van der Waals surface area contributed by atoms with E-state index in [0.29, 0.717) is 17.9 Å². The van der Waals surface area contributed by atoms with Crippen molar-refractivity contribution in [2.75, 3.05) is 20.8 Å². The second-order valence-electron chi connectivity index (χ2n) is 4.21. The summed E-state index contributed by atoms with van der Waals surface area (Å²) in [6.07, 6.45) is 0.908. The minimum absolute atomic E-state index is 0.0536. The van der Waals surface area contributed by atoms with Gasteiger partial charge >= 0.3 is 0 Å². The first-order chi connectivity index (χ1) is 9.14. The van der Waals surface area contributed by atoms with Gasteiger partial charge in [-0.3, -0.25) is 4.79 Å². The van der Waals surface area contributed by atoms with E-state index >= 15 is 0 Å². The fourth-order valence-electron chi connectivity index (χ4n) is 1.73. The largest absolute Gasteiger partial charge is 0.497 e. The summed E-state index contributed by atoms with van der Waals surface area (Å²) in [6.45, 7) is 1.86. The maximum atomic E-state index is 11.9. The van der Waals surface area contributed by atoms with Gasteiger partial charge in [0.05, 0.1) is 33.3 Å². The van der Waals surface area contributed by atoms with Crippen LogP contribution >= 0.6 is 0 Å². The number of benzene rings is 1. The van der Waals surface area contributed by atoms with Crippen molar-refractivity contribution in [3.63, 3.8) is 0 Å². The van der Waals surface area contributed by atoms with Crippen LogP contribution in [0.2, 0.25) is 0 Å². The molecular weight excluding hydrogens is 246 g/mol. The number of carbonyl (C=O) groups excluding carboxylic acids is 1. The van der Waals surface area contributed by atoms with Crippen molar-refractivity contribution in [3.8, 4) is 11.5 Å². The van der Waals surface area contributed by atoms with E-state index in [1.807, 2.05) is 6.92 Å². The Kier molecular flexibility index (Phi) is 6.15. The highest BCUT2D eigenvalue weighted by molar-refractivity contribution is 5.79. The van der Waals surface area contributed by atoms with Gasteiger partial charge in [-0.05, 0) is 12.5 Å². The molecule has 5 nitrogen and oxygen atoms in total. The van der Waals surface area contributed by atoms with Crippen LogP contribution in [0.3, 0.4) is 0 Å². The van der Waals surface area contributed by atoms with Gasteiger partial charge in [-0.2, -0.15) is 0 Å². The van der Waals surface area contributed by atoms with Gasteiger partial charge in [0.2, 0.25) is 5.91 Å². The standard InChI is InChI=1S/C14H21NO4/c1-4-11(9-16)15-14(17)7-10-5-6-12(18-2)8-13(10)19-3/h5-6,8,11,16H,4,7,9H2,1-3H3,(H,15,17)/t11-/m1/s1. The van der Waals surface area contributed by atoms with E-state index in [2.05, 4.69) is 5.32 Å². The molecule has 0 saturated heterocycles. The summed E-state index contributed by atoms with van der Waals surface area (Å²) in [5, 5.41) is 11.8. The van der Waals surface area contributed by atoms with E-state index in [-0.39, 0.29) is 25.0 Å². The first kappa shape index (κ1) is 15.3. The summed E-state index contributed by atoms with van der Waals surface area (Å²) in [5.41, 5.74) is 0.786. The zero-order chi connectivity index (χ0) is 14.3. The second kappa shape index (κ2) is 7.63. The minimum atomic E-state index is -0.197. The Labute approximate surface area is 113 Å². The predicted molar refractivity (Wildman–Crippen MR) is 72.6 cm³/mol. The highest BCUT2D eigenvalue weighted by Gasteiger charge is 2.13. The maximum absolute atomic E-state index is 11.9. The van der Waals surface area contributed by atoms with E-state index in [4.69, 9.17) is 14.6 Å². The van der Waals surface area contributed by atoms with Crippen molar-refractivity contribution in [2.45, 2.75) is 25.8 Å². The Morgan fingerprint density at radius 3 is 2.63 bits per heavy atom. The molecule has 0 aliphatic heterocycles. The van der Waals surface area contributed by atoms with Crippen molar-refractivity contribution in [1.82, 2.24) is 5.32 Å². The first-order valence-corrected chi connectivity index (χ1v) is 6.25. The van der Waals surface area contributed by atoms with Gasteiger partial charge in [0.25, 0.3) is 0 Å². The Morgan fingerprint density at radius 1 is 1.37 bits per heavy atom. The van der Waals surface area contributed by atoms with Crippen molar-refractivity contribution in [1.29, 1.82) is 0 Å². The zero-order valence-electron chi connectivity index (χ0n) is 11.6. The number of aliphatic hydroxyl groups excluding tert-OH is 1. The number of nitrogens with one attached hydrogen (secondary N) is 1. The highest BCUT2D eigenvalue weighted by atomic mass is 16.5. The highest BCUT2D eigenvalue weighted by Crippen LogP contribution is 2.24. The van der Waals surface area contributed by atoms with Crippen LogP contribution in [-0.2, 0) is 11.2 Å². The molecular formula is C14H21NO4. The van der Waals surface area contributed by atoms with Gasteiger partial charge in [-0.15, -0.1) is 0 Å². The number of ether oxygens (including phenoxy) is 2. The normalized spacial score (nSPS) is 11.8. The third kappa shape index (κ3) is 4.44. The second-order valence-corrected chi connectivity index (χ2v) is 4.21. The molecule has 0 radical (unpaired) electrons. The van der Waals surface area contributed by atoms with Gasteiger partial charge in [0, 0.05) is 11.6 Å². The van der Waals surface area contributed by atoms with Crippen molar-refractivity contribution < 1.29 is 19.4 Å². The topological polar surface area (TPSA) is 67.8 Å². The van der Waals surface area contributed by atoms with E-state index in [0.717, 1.165) is 5.56 Å². The van der Waals surface area contributed by atoms with Crippen LogP contribution < -0.4 is 14.8 Å². The average Bonchev–Trinajstić information content (AvgIpc) is 2.45. The van der Waals surface area contributed by atoms with Crippen LogP contribution in [0.15, 0.2) is 18.2 Å². The Hall–Kier alpha value is -1.75. The van der Waals surface area contributed by atoms with Crippen molar-refractivity contribution in [2.24, 2.45) is 0 Å². The molecule has 0 aromatic heterocycles. The van der Waals surface area contributed by atoms with Crippen LogP contribution in [0.4, 0.5) is 0 Å². The number of methoxy groups -OCH3 is 2. The molecule has 2 N–H and O–H groups in total. The van der Waals surface area contributed by atoms with E-state index in [9.17, 15) is 4.79 Å². The fraction of sp³-hybridized carbons (Fsp3) is 0.500. The van der Waals surface area contributed by atoms with Crippen LogP contribution in [0.1, 0.15) is 18.9 Å². The van der Waals surface area contributed by atoms with Gasteiger partial charge in [-0.1, -0.05) is 13.0 Å². The molecule has 0 heterocycles. The summed E-state index contributed by atoms with van der Waals surface area (Å²) in [7, 11) is 3.13. The number of amides is 1. The molecule has 5 heteroatoms. The molecule has 0 aliphatic rings. The summed E-state index contributed by atoms with van der Waals surface area (Å²) < 4.78 is 10.3. The lowest BCUT2D eigenvalue weighted by molar-refractivity contribution is -0.121. The number of hydrogen-bond acceptors (Lipinski definition) is 4. The number of carbonyl (C=O) groups is 1. The Balaban J connectivity index is 2.73. The third-order valence-corrected chi connectivity index (χ3v) is 2.92. The summed E-state index contributed by atoms with van der Waals surface area (Å²) in [6, 6.07) is 5.13. The molecule has 0 saturated carbocycles. The van der Waals surface area contributed by atoms with E-state index in [1.165, 1.54) is 0 Å². The fourth-order valence-corrected chi connectivity index (χ4v) is 1.73. The summed E-state index contributed by atoms with van der Waals surface area (Å²) in [5.74, 6) is 1.17. The lowest BCUT2D eigenvalue weighted by Gasteiger charge is -2.15. The molecule has 106 valence electrons. The summed E-state index contributed by atoms with van der Waals surface area (Å²) in [4.78, 5) is 11.9. The van der Waals surface area contributed by atoms with Gasteiger partial charge < -0.3 is 19.9 Å². The van der Waals surface area contributed by atoms with Gasteiger partial charge in [-0.25, -0.2) is 0 Å². The SMILES string of the molecule is CC[C@H](CO)NC(=O)Cc1ccc(OC)cc1OC. The van der Waals surface area contributed by atoms with E-state index in [1.54, 1.807) is 32.4 Å². The van der Waals surface area contributed by atoms with Crippen LogP contribution in [0, 0.1) is 0 Å². The van der Waals surface area contributed by atoms with Crippen molar-refractivity contribution in [3.05, 3.63) is 23.8 Å². The zero-order valence-corrected chi connectivity index (χ0v) is 11.6. The molecule has 0 fully saturated rings. The molecule has 1 aromatic carbocycles. The predicted octanol–water partition coefficient (Wildman–Crippen LogP) is 1.13. The first-order valence-electron chi connectivity index (χ1n) is 6.25. The molecule has 1 aromatic rings. The van der Waals surface area contributed by atoms with Gasteiger partial charge in [0.15, 0.2) is 0 Å². The third-order valence-electron chi connectivity index (χ3n) is 2.92. The molecule has 1 atom stereocenters. The lowest BCUT2D eigenvalue weighted by Crippen LogP contribution is -2.37. The molecule has 19 heavy (non-hydrogen) atoms. The molecule has 0 spiro atoms. The minimum Gasteiger partial charge on any atom is -0.497 e. The van der Waals surface area contributed by atoms with Crippen molar-refractivity contribution >= 4 is 5.91 Å². The van der Waals surface area contributed by atoms with E-state index < -0.39 is 0 Å². The Morgan fingerprint density at radius 2 is 2.11 bits per heavy atom. The lowest BCUT2D eigenvalue weighted by atomic mass is 10.1. The van der Waals surface area contributed by atoms with Crippen LogP contribution in [0.25, 0.3) is 0 Å². The number of rotatable bonds is 7.